The van der Waals surface area contributed by atoms with Crippen molar-refractivity contribution in [3.05, 3.63) is 30.1 Å². The molecule has 0 unspecified atom stereocenters. The lowest BCUT2D eigenvalue weighted by Gasteiger charge is -2.00. The Labute approximate surface area is 66.7 Å². The summed E-state index contributed by atoms with van der Waals surface area (Å²) in [6, 6.07) is 4.90. The number of hydrogen-bond acceptors (Lipinski definition) is 2. The standard InChI is InChI=1S/C9H12N2/c1-2-9(1)11-7-8-3-5-10-6-4-8/h3-6,9,11H,1-2,7H2. The van der Waals surface area contributed by atoms with Crippen molar-refractivity contribution in [3.8, 4) is 0 Å². The van der Waals surface area contributed by atoms with E-state index in [1.807, 2.05) is 12.4 Å². The lowest BCUT2D eigenvalue weighted by molar-refractivity contribution is 0.687. The van der Waals surface area contributed by atoms with Crippen LogP contribution in [0.1, 0.15) is 18.4 Å². The molecule has 0 radical (unpaired) electrons. The summed E-state index contributed by atoms with van der Waals surface area (Å²) in [6.07, 6.45) is 6.38. The predicted octanol–water partition coefficient (Wildman–Crippen LogP) is 1.33. The van der Waals surface area contributed by atoms with Gasteiger partial charge in [0.25, 0.3) is 0 Å². The van der Waals surface area contributed by atoms with Gasteiger partial charge in [0, 0.05) is 25.0 Å². The second-order valence-corrected chi connectivity index (χ2v) is 3.01. The van der Waals surface area contributed by atoms with Crippen molar-refractivity contribution in [1.29, 1.82) is 0 Å². The Bertz CT molecular complexity index is 216. The van der Waals surface area contributed by atoms with Gasteiger partial charge in [0.1, 0.15) is 0 Å². The van der Waals surface area contributed by atoms with Gasteiger partial charge in [0.15, 0.2) is 0 Å². The smallest absolute Gasteiger partial charge is 0.0271 e. The van der Waals surface area contributed by atoms with Crippen molar-refractivity contribution >= 4 is 0 Å². The molecule has 11 heavy (non-hydrogen) atoms. The molecular weight excluding hydrogens is 136 g/mol. The first kappa shape index (κ1) is 6.80. The fourth-order valence-corrected chi connectivity index (χ4v) is 1.05. The largest absolute Gasteiger partial charge is 0.310 e. The number of rotatable bonds is 3. The summed E-state index contributed by atoms with van der Waals surface area (Å²) < 4.78 is 0. The molecular formula is C9H12N2. The SMILES string of the molecule is c1cc(CNC2CC2)ccn1. The molecule has 0 saturated heterocycles. The topological polar surface area (TPSA) is 24.9 Å². The van der Waals surface area contributed by atoms with E-state index in [0.29, 0.717) is 0 Å². The Kier molecular flexibility index (Phi) is 1.86. The molecule has 0 spiro atoms. The first-order valence-electron chi connectivity index (χ1n) is 4.07. The van der Waals surface area contributed by atoms with Crippen molar-refractivity contribution in [2.24, 2.45) is 0 Å². The third kappa shape index (κ3) is 2.02. The summed E-state index contributed by atoms with van der Waals surface area (Å²) in [5, 5.41) is 3.45. The summed E-state index contributed by atoms with van der Waals surface area (Å²) in [5.41, 5.74) is 1.33. The van der Waals surface area contributed by atoms with Crippen LogP contribution in [-0.2, 0) is 6.54 Å². The van der Waals surface area contributed by atoms with Crippen molar-refractivity contribution in [2.75, 3.05) is 0 Å². The van der Waals surface area contributed by atoms with Gasteiger partial charge in [-0.2, -0.15) is 0 Å². The lowest BCUT2D eigenvalue weighted by Crippen LogP contribution is -2.14. The van der Waals surface area contributed by atoms with Crippen LogP contribution in [0.2, 0.25) is 0 Å². The van der Waals surface area contributed by atoms with Crippen LogP contribution in [-0.4, -0.2) is 11.0 Å². The molecule has 2 rings (SSSR count). The van der Waals surface area contributed by atoms with Gasteiger partial charge in [-0.25, -0.2) is 0 Å². The monoisotopic (exact) mass is 148 g/mol. The summed E-state index contributed by atoms with van der Waals surface area (Å²) in [4.78, 5) is 3.96. The number of pyridine rings is 1. The van der Waals surface area contributed by atoms with Gasteiger partial charge in [0.05, 0.1) is 0 Å². The minimum absolute atomic E-state index is 0.795. The third-order valence-corrected chi connectivity index (χ3v) is 1.92. The van der Waals surface area contributed by atoms with Gasteiger partial charge in [0.2, 0.25) is 0 Å². The highest BCUT2D eigenvalue weighted by Crippen LogP contribution is 2.18. The van der Waals surface area contributed by atoms with E-state index in [9.17, 15) is 0 Å². The van der Waals surface area contributed by atoms with Gasteiger partial charge in [-0.1, -0.05) is 0 Å². The molecule has 0 amide bonds. The second kappa shape index (κ2) is 3.01. The van der Waals surface area contributed by atoms with E-state index in [1.54, 1.807) is 0 Å². The van der Waals surface area contributed by atoms with Crippen LogP contribution in [0.3, 0.4) is 0 Å². The van der Waals surface area contributed by atoms with Gasteiger partial charge in [-0.05, 0) is 30.5 Å². The summed E-state index contributed by atoms with van der Waals surface area (Å²) >= 11 is 0. The van der Waals surface area contributed by atoms with Crippen LogP contribution in [0.25, 0.3) is 0 Å². The molecule has 1 N–H and O–H groups in total. The quantitative estimate of drug-likeness (QED) is 0.699. The number of nitrogens with zero attached hydrogens (tertiary/aromatic N) is 1. The van der Waals surface area contributed by atoms with E-state index in [1.165, 1.54) is 18.4 Å². The molecule has 1 fully saturated rings. The number of nitrogens with one attached hydrogen (secondary N) is 1. The average molecular weight is 148 g/mol. The van der Waals surface area contributed by atoms with E-state index >= 15 is 0 Å². The highest BCUT2D eigenvalue weighted by Gasteiger charge is 2.19. The molecule has 1 aliphatic rings. The summed E-state index contributed by atoms with van der Waals surface area (Å²) in [5.74, 6) is 0. The molecule has 2 nitrogen and oxygen atoms in total. The van der Waals surface area contributed by atoms with Gasteiger partial charge >= 0.3 is 0 Å². The van der Waals surface area contributed by atoms with Crippen molar-refractivity contribution < 1.29 is 0 Å². The van der Waals surface area contributed by atoms with E-state index in [0.717, 1.165) is 12.6 Å². The predicted molar refractivity (Wildman–Crippen MR) is 44.1 cm³/mol. The van der Waals surface area contributed by atoms with Gasteiger partial charge in [-0.15, -0.1) is 0 Å². The third-order valence-electron chi connectivity index (χ3n) is 1.92. The zero-order valence-electron chi connectivity index (χ0n) is 6.46. The molecule has 58 valence electrons. The highest BCUT2D eigenvalue weighted by molar-refractivity contribution is 5.09. The highest BCUT2D eigenvalue weighted by atomic mass is 14.9. The zero-order valence-corrected chi connectivity index (χ0v) is 6.46. The van der Waals surface area contributed by atoms with Crippen LogP contribution < -0.4 is 5.32 Å². The molecule has 1 heterocycles. The molecule has 1 aliphatic carbocycles. The molecule has 0 bridgehead atoms. The van der Waals surface area contributed by atoms with Crippen molar-refractivity contribution in [1.82, 2.24) is 10.3 Å². The Morgan fingerprint density at radius 3 is 2.73 bits per heavy atom. The number of aromatic nitrogens is 1. The summed E-state index contributed by atoms with van der Waals surface area (Å²) in [7, 11) is 0. The first-order chi connectivity index (χ1) is 5.45. The Balaban J connectivity index is 1.85. The number of hydrogen-bond donors (Lipinski definition) is 1. The van der Waals surface area contributed by atoms with Crippen LogP contribution in [0, 0.1) is 0 Å². The molecule has 1 saturated carbocycles. The maximum absolute atomic E-state index is 3.96. The molecule has 0 aliphatic heterocycles. The molecule has 1 aromatic heterocycles. The van der Waals surface area contributed by atoms with Gasteiger partial charge in [-0.3, -0.25) is 4.98 Å². The van der Waals surface area contributed by atoms with Crippen LogP contribution in [0.4, 0.5) is 0 Å². The van der Waals surface area contributed by atoms with E-state index in [-0.39, 0.29) is 0 Å². The fraction of sp³-hybridized carbons (Fsp3) is 0.444. The fourth-order valence-electron chi connectivity index (χ4n) is 1.05. The zero-order chi connectivity index (χ0) is 7.52. The minimum Gasteiger partial charge on any atom is -0.310 e. The second-order valence-electron chi connectivity index (χ2n) is 3.01. The van der Waals surface area contributed by atoms with Gasteiger partial charge < -0.3 is 5.32 Å². The van der Waals surface area contributed by atoms with Crippen molar-refractivity contribution in [3.63, 3.8) is 0 Å². The molecule has 1 aromatic rings. The van der Waals surface area contributed by atoms with Crippen LogP contribution in [0.15, 0.2) is 24.5 Å². The maximum Gasteiger partial charge on any atom is 0.0271 e. The Morgan fingerprint density at radius 1 is 1.36 bits per heavy atom. The normalized spacial score (nSPS) is 16.7. The Hall–Kier alpha value is -0.890. The molecule has 0 aromatic carbocycles. The maximum atomic E-state index is 3.96. The Morgan fingerprint density at radius 2 is 2.09 bits per heavy atom. The first-order valence-corrected chi connectivity index (χ1v) is 4.07. The average Bonchev–Trinajstić information content (AvgIpc) is 2.86. The summed E-state index contributed by atoms with van der Waals surface area (Å²) in [6.45, 7) is 0.993. The van der Waals surface area contributed by atoms with Crippen LogP contribution >= 0.6 is 0 Å². The van der Waals surface area contributed by atoms with E-state index in [2.05, 4.69) is 22.4 Å². The van der Waals surface area contributed by atoms with E-state index < -0.39 is 0 Å². The minimum atomic E-state index is 0.795. The molecule has 2 heteroatoms. The van der Waals surface area contributed by atoms with E-state index in [4.69, 9.17) is 0 Å². The lowest BCUT2D eigenvalue weighted by atomic mass is 10.3. The van der Waals surface area contributed by atoms with Crippen molar-refractivity contribution in [2.45, 2.75) is 25.4 Å². The van der Waals surface area contributed by atoms with Crippen LogP contribution in [0.5, 0.6) is 0 Å². The molecule has 0 atom stereocenters.